The third kappa shape index (κ3) is 3.76. The van der Waals surface area contributed by atoms with Crippen molar-refractivity contribution in [2.45, 2.75) is 58.4 Å². The normalized spacial score (nSPS) is 18.3. The molecule has 3 heteroatoms. The van der Waals surface area contributed by atoms with Crippen molar-refractivity contribution >= 4 is 5.82 Å². The van der Waals surface area contributed by atoms with Crippen molar-refractivity contribution in [1.82, 2.24) is 9.78 Å². The molecule has 0 amide bonds. The molecule has 1 heterocycles. The van der Waals surface area contributed by atoms with E-state index in [2.05, 4.69) is 36.5 Å². The molecule has 0 radical (unpaired) electrons. The molecule has 1 aliphatic carbocycles. The first-order chi connectivity index (χ1) is 8.25. The molecule has 0 saturated heterocycles. The fourth-order valence-electron chi connectivity index (χ4n) is 2.54. The first kappa shape index (κ1) is 12.5. The zero-order valence-electron chi connectivity index (χ0n) is 11.2. The summed E-state index contributed by atoms with van der Waals surface area (Å²) < 4.78 is 2.01. The van der Waals surface area contributed by atoms with Gasteiger partial charge in [-0.2, -0.15) is 5.10 Å². The Morgan fingerprint density at radius 3 is 2.59 bits per heavy atom. The minimum Gasteiger partial charge on any atom is -0.368 e. The molecule has 2 rings (SSSR count). The van der Waals surface area contributed by atoms with E-state index in [1.54, 1.807) is 0 Å². The third-order valence-corrected chi connectivity index (χ3v) is 3.68. The summed E-state index contributed by atoms with van der Waals surface area (Å²) in [6.07, 6.45) is 10.5. The maximum Gasteiger partial charge on any atom is 0.148 e. The van der Waals surface area contributed by atoms with Crippen LogP contribution in [0.3, 0.4) is 0 Å². The quantitative estimate of drug-likeness (QED) is 0.803. The number of nitrogens with one attached hydrogen (secondary N) is 1. The molecule has 0 aliphatic heterocycles. The molecule has 0 unspecified atom stereocenters. The molecule has 17 heavy (non-hydrogen) atoms. The summed E-state index contributed by atoms with van der Waals surface area (Å²) in [6.45, 7) is 5.40. The molecule has 0 atom stereocenters. The molecule has 1 fully saturated rings. The third-order valence-electron chi connectivity index (χ3n) is 3.68. The lowest BCUT2D eigenvalue weighted by atomic mass is 10.0. The van der Waals surface area contributed by atoms with E-state index in [9.17, 15) is 0 Å². The minimum absolute atomic E-state index is 0.448. The van der Waals surface area contributed by atoms with E-state index in [0.29, 0.717) is 6.04 Å². The van der Waals surface area contributed by atoms with Gasteiger partial charge in [0.15, 0.2) is 0 Å². The van der Waals surface area contributed by atoms with E-state index in [1.165, 1.54) is 38.5 Å². The molecule has 1 N–H and O–H groups in total. The van der Waals surface area contributed by atoms with E-state index >= 15 is 0 Å². The second kappa shape index (κ2) is 6.08. The highest BCUT2D eigenvalue weighted by Crippen LogP contribution is 2.23. The first-order valence-electron chi connectivity index (χ1n) is 7.05. The van der Waals surface area contributed by atoms with Gasteiger partial charge in [-0.25, -0.2) is 0 Å². The number of hydrogen-bond donors (Lipinski definition) is 1. The van der Waals surface area contributed by atoms with Crippen LogP contribution in [-0.2, 0) is 0 Å². The van der Waals surface area contributed by atoms with Gasteiger partial charge in [0.2, 0.25) is 0 Å². The molecular weight excluding hydrogens is 210 g/mol. The Balaban J connectivity index is 1.79. The van der Waals surface area contributed by atoms with Crippen LogP contribution >= 0.6 is 0 Å². The van der Waals surface area contributed by atoms with E-state index in [4.69, 9.17) is 0 Å². The maximum absolute atomic E-state index is 4.52. The second-order valence-corrected chi connectivity index (χ2v) is 5.51. The van der Waals surface area contributed by atoms with E-state index < -0.39 is 0 Å². The largest absolute Gasteiger partial charge is 0.368 e. The Labute approximate surface area is 105 Å². The van der Waals surface area contributed by atoms with E-state index in [1.807, 2.05) is 4.68 Å². The molecule has 0 spiro atoms. The zero-order valence-corrected chi connectivity index (χ0v) is 11.2. The number of hydrogen-bond acceptors (Lipinski definition) is 2. The molecule has 1 aliphatic rings. The van der Waals surface area contributed by atoms with Gasteiger partial charge in [-0.15, -0.1) is 0 Å². The van der Waals surface area contributed by atoms with Crippen LogP contribution < -0.4 is 5.32 Å². The van der Waals surface area contributed by atoms with Crippen molar-refractivity contribution in [3.63, 3.8) is 0 Å². The van der Waals surface area contributed by atoms with Gasteiger partial charge in [-0.3, -0.25) is 4.68 Å². The summed E-state index contributed by atoms with van der Waals surface area (Å²) in [5.41, 5.74) is 0. The molecule has 3 nitrogen and oxygen atoms in total. The van der Waals surface area contributed by atoms with Crippen molar-refractivity contribution in [1.29, 1.82) is 0 Å². The van der Waals surface area contributed by atoms with Crippen LogP contribution in [0.1, 0.15) is 58.4 Å². The minimum atomic E-state index is 0.448. The van der Waals surface area contributed by atoms with Crippen molar-refractivity contribution in [2.75, 3.05) is 11.9 Å². The molecule has 1 aromatic heterocycles. The van der Waals surface area contributed by atoms with Gasteiger partial charge in [0.25, 0.3) is 0 Å². The summed E-state index contributed by atoms with van der Waals surface area (Å²) in [5.74, 6) is 1.88. The van der Waals surface area contributed by atoms with Crippen LogP contribution in [0.4, 0.5) is 5.82 Å². The lowest BCUT2D eigenvalue weighted by Crippen LogP contribution is -2.14. The lowest BCUT2D eigenvalue weighted by molar-refractivity contribution is 0.481. The fraction of sp³-hybridized carbons (Fsp3) is 0.786. The van der Waals surface area contributed by atoms with Gasteiger partial charge in [-0.05, 0) is 32.6 Å². The highest BCUT2D eigenvalue weighted by molar-refractivity contribution is 5.32. The summed E-state index contributed by atoms with van der Waals surface area (Å²) in [4.78, 5) is 0. The summed E-state index contributed by atoms with van der Waals surface area (Å²) in [6, 6.07) is 2.53. The first-order valence-corrected chi connectivity index (χ1v) is 7.05. The fourth-order valence-corrected chi connectivity index (χ4v) is 2.54. The Kier molecular flexibility index (Phi) is 4.46. The Hall–Kier alpha value is -0.990. The van der Waals surface area contributed by atoms with Crippen molar-refractivity contribution in [3.05, 3.63) is 12.3 Å². The highest BCUT2D eigenvalue weighted by atomic mass is 15.3. The van der Waals surface area contributed by atoms with Gasteiger partial charge in [0.05, 0.1) is 0 Å². The summed E-state index contributed by atoms with van der Waals surface area (Å²) in [5, 5.41) is 8.01. The van der Waals surface area contributed by atoms with E-state index in [0.717, 1.165) is 18.3 Å². The number of rotatable bonds is 4. The number of nitrogens with zero attached hydrogens (tertiary/aromatic N) is 2. The monoisotopic (exact) mass is 235 g/mol. The lowest BCUT2D eigenvalue weighted by Gasteiger charge is -2.14. The molecule has 1 aromatic rings. The van der Waals surface area contributed by atoms with Crippen LogP contribution in [0, 0.1) is 5.92 Å². The predicted molar refractivity (Wildman–Crippen MR) is 72.3 cm³/mol. The Bertz CT molecular complexity index is 322. The Morgan fingerprint density at radius 1 is 1.29 bits per heavy atom. The zero-order chi connectivity index (χ0) is 12.1. The van der Waals surface area contributed by atoms with Crippen molar-refractivity contribution in [2.24, 2.45) is 5.92 Å². The van der Waals surface area contributed by atoms with Gasteiger partial charge < -0.3 is 5.32 Å². The van der Waals surface area contributed by atoms with Gasteiger partial charge in [0.1, 0.15) is 5.82 Å². The Morgan fingerprint density at radius 2 is 2.00 bits per heavy atom. The topological polar surface area (TPSA) is 29.9 Å². The van der Waals surface area contributed by atoms with Gasteiger partial charge in [0, 0.05) is 24.8 Å². The summed E-state index contributed by atoms with van der Waals surface area (Å²) in [7, 11) is 0. The van der Waals surface area contributed by atoms with Gasteiger partial charge in [-0.1, -0.05) is 25.7 Å². The average molecular weight is 235 g/mol. The second-order valence-electron chi connectivity index (χ2n) is 5.51. The highest BCUT2D eigenvalue weighted by Gasteiger charge is 2.12. The standard InChI is InChI=1S/C14H25N3/c1-12(2)17-10-9-14(16-17)15-11-13-7-5-3-4-6-8-13/h9-10,12-13H,3-8,11H2,1-2H3,(H,15,16). The average Bonchev–Trinajstić information content (AvgIpc) is 2.63. The molecular formula is C14H25N3. The smallest absolute Gasteiger partial charge is 0.148 e. The van der Waals surface area contributed by atoms with Crippen LogP contribution in [0.15, 0.2) is 12.3 Å². The molecule has 0 aromatic carbocycles. The van der Waals surface area contributed by atoms with Crippen LogP contribution in [-0.4, -0.2) is 16.3 Å². The number of aromatic nitrogens is 2. The SMILES string of the molecule is CC(C)n1ccc(NCC2CCCCCC2)n1. The predicted octanol–water partition coefficient (Wildman–Crippen LogP) is 3.85. The number of anilines is 1. The van der Waals surface area contributed by atoms with Crippen molar-refractivity contribution < 1.29 is 0 Å². The van der Waals surface area contributed by atoms with Gasteiger partial charge >= 0.3 is 0 Å². The van der Waals surface area contributed by atoms with Crippen LogP contribution in [0.5, 0.6) is 0 Å². The summed E-state index contributed by atoms with van der Waals surface area (Å²) >= 11 is 0. The maximum atomic E-state index is 4.52. The molecule has 1 saturated carbocycles. The molecule has 0 bridgehead atoms. The van der Waals surface area contributed by atoms with Crippen LogP contribution in [0.2, 0.25) is 0 Å². The van der Waals surface area contributed by atoms with E-state index in [-0.39, 0.29) is 0 Å². The van der Waals surface area contributed by atoms with Crippen LogP contribution in [0.25, 0.3) is 0 Å². The van der Waals surface area contributed by atoms with Crippen molar-refractivity contribution in [3.8, 4) is 0 Å². The molecule has 96 valence electrons.